The van der Waals surface area contributed by atoms with Crippen molar-refractivity contribution in [2.24, 2.45) is 0 Å². The Morgan fingerprint density at radius 2 is 1.80 bits per heavy atom. The zero-order valence-electron chi connectivity index (χ0n) is 10.5. The van der Waals surface area contributed by atoms with Crippen molar-refractivity contribution in [1.29, 1.82) is 0 Å². The molecule has 0 radical (unpaired) electrons. The van der Waals surface area contributed by atoms with E-state index in [1.165, 1.54) is 18.2 Å². The van der Waals surface area contributed by atoms with E-state index in [0.29, 0.717) is 31.4 Å². The van der Waals surface area contributed by atoms with E-state index in [-0.39, 0.29) is 11.7 Å². The van der Waals surface area contributed by atoms with Gasteiger partial charge in [-0.1, -0.05) is 0 Å². The first-order valence-corrected chi connectivity index (χ1v) is 7.29. The van der Waals surface area contributed by atoms with E-state index in [1.54, 1.807) is 19.1 Å². The number of nitrogens with one attached hydrogen (secondary N) is 1. The molecule has 0 bridgehead atoms. The molecular weight excluding hydrogens is 391 g/mol. The van der Waals surface area contributed by atoms with Gasteiger partial charge in [-0.2, -0.15) is 0 Å². The number of rotatable bonds is 2. The van der Waals surface area contributed by atoms with Crippen LogP contribution in [0.4, 0.5) is 15.8 Å². The van der Waals surface area contributed by atoms with Crippen LogP contribution in [-0.4, -0.2) is 5.91 Å². The molecule has 0 unspecified atom stereocenters. The Labute approximate surface area is 132 Å². The van der Waals surface area contributed by atoms with Gasteiger partial charge >= 0.3 is 0 Å². The monoisotopic (exact) mass is 400 g/mol. The summed E-state index contributed by atoms with van der Waals surface area (Å²) in [6.07, 6.45) is 0. The number of hydrogen-bond acceptors (Lipinski definition) is 2. The van der Waals surface area contributed by atoms with Crippen LogP contribution in [-0.2, 0) is 0 Å². The van der Waals surface area contributed by atoms with E-state index in [2.05, 4.69) is 37.2 Å². The number of nitrogen functional groups attached to an aromatic ring is 1. The third-order valence-corrected chi connectivity index (χ3v) is 3.97. The summed E-state index contributed by atoms with van der Waals surface area (Å²) in [5, 5.41) is 2.76. The van der Waals surface area contributed by atoms with Gasteiger partial charge in [-0.25, -0.2) is 4.39 Å². The van der Waals surface area contributed by atoms with Crippen LogP contribution in [0.5, 0.6) is 0 Å². The molecule has 3 nitrogen and oxygen atoms in total. The molecule has 0 aromatic heterocycles. The molecule has 2 aromatic carbocycles. The van der Waals surface area contributed by atoms with Gasteiger partial charge in [0.05, 0.1) is 5.69 Å². The molecule has 0 aliphatic rings. The Kier molecular flexibility index (Phi) is 4.45. The highest BCUT2D eigenvalue weighted by Crippen LogP contribution is 2.33. The number of halogens is 3. The fourth-order valence-electron chi connectivity index (χ4n) is 1.68. The Hall–Kier alpha value is -1.40. The number of nitrogens with two attached hydrogens (primary N) is 1. The predicted octanol–water partition coefficient (Wildman–Crippen LogP) is 4.49. The van der Waals surface area contributed by atoms with E-state index in [9.17, 15) is 9.18 Å². The molecule has 104 valence electrons. The molecule has 2 aromatic rings. The van der Waals surface area contributed by atoms with Crippen molar-refractivity contribution < 1.29 is 9.18 Å². The molecule has 0 saturated heterocycles. The van der Waals surface area contributed by atoms with Gasteiger partial charge in [-0.15, -0.1) is 0 Å². The molecule has 0 heterocycles. The average Bonchev–Trinajstić information content (AvgIpc) is 2.36. The maximum atomic E-state index is 13.2. The molecule has 0 spiro atoms. The summed E-state index contributed by atoms with van der Waals surface area (Å²) in [4.78, 5) is 12.2. The van der Waals surface area contributed by atoms with Crippen molar-refractivity contribution in [3.8, 4) is 0 Å². The lowest BCUT2D eigenvalue weighted by molar-refractivity contribution is 0.102. The quantitative estimate of drug-likeness (QED) is 0.728. The summed E-state index contributed by atoms with van der Waals surface area (Å²) in [7, 11) is 0. The van der Waals surface area contributed by atoms with Gasteiger partial charge in [0.15, 0.2) is 0 Å². The molecule has 0 saturated carbocycles. The van der Waals surface area contributed by atoms with Crippen molar-refractivity contribution in [1.82, 2.24) is 0 Å². The average molecular weight is 402 g/mol. The van der Waals surface area contributed by atoms with Gasteiger partial charge in [0.25, 0.3) is 5.91 Å². The molecule has 2 rings (SSSR count). The molecule has 3 N–H and O–H groups in total. The second-order valence-electron chi connectivity index (χ2n) is 4.28. The highest BCUT2D eigenvalue weighted by Gasteiger charge is 2.13. The normalized spacial score (nSPS) is 10.4. The fraction of sp³-hybridized carbons (Fsp3) is 0.0714. The highest BCUT2D eigenvalue weighted by atomic mass is 79.9. The van der Waals surface area contributed by atoms with Crippen molar-refractivity contribution in [2.75, 3.05) is 11.1 Å². The minimum Gasteiger partial charge on any atom is -0.399 e. The first-order chi connectivity index (χ1) is 9.38. The largest absolute Gasteiger partial charge is 0.399 e. The zero-order chi connectivity index (χ0) is 14.9. The lowest BCUT2D eigenvalue weighted by Gasteiger charge is -2.11. The molecule has 6 heteroatoms. The third-order valence-electron chi connectivity index (χ3n) is 2.72. The standard InChI is InChI=1S/C14H11Br2FN2O/c1-7-4-8(2-3-12(7)17)14(20)19-13-10(15)5-9(18)6-11(13)16/h2-6H,18H2,1H3,(H,19,20). The number of carbonyl (C=O) groups excluding carboxylic acids is 1. The molecule has 1 amide bonds. The van der Waals surface area contributed by atoms with Crippen LogP contribution < -0.4 is 11.1 Å². The van der Waals surface area contributed by atoms with E-state index in [1.807, 2.05) is 0 Å². The molecule has 0 aliphatic heterocycles. The highest BCUT2D eigenvalue weighted by molar-refractivity contribution is 9.11. The smallest absolute Gasteiger partial charge is 0.255 e. The Bertz CT molecular complexity index is 666. The summed E-state index contributed by atoms with van der Waals surface area (Å²) in [6.45, 7) is 1.61. The number of benzene rings is 2. The van der Waals surface area contributed by atoms with Crippen molar-refractivity contribution in [3.63, 3.8) is 0 Å². The molecular formula is C14H11Br2FN2O. The number of aryl methyl sites for hydroxylation is 1. The van der Waals surface area contributed by atoms with Gasteiger partial charge in [-0.05, 0) is 74.7 Å². The van der Waals surface area contributed by atoms with Gasteiger partial charge < -0.3 is 11.1 Å². The van der Waals surface area contributed by atoms with Crippen LogP contribution in [0.25, 0.3) is 0 Å². The third kappa shape index (κ3) is 3.19. The minimum absolute atomic E-state index is 0.320. The van der Waals surface area contributed by atoms with E-state index in [0.717, 1.165) is 0 Å². The molecule has 0 aliphatic carbocycles. The lowest BCUT2D eigenvalue weighted by atomic mass is 10.1. The Balaban J connectivity index is 2.30. The Morgan fingerprint density at radius 1 is 1.20 bits per heavy atom. The van der Waals surface area contributed by atoms with Crippen molar-refractivity contribution >= 4 is 49.1 Å². The van der Waals surface area contributed by atoms with Gasteiger partial charge in [0, 0.05) is 20.2 Å². The van der Waals surface area contributed by atoms with Crippen LogP contribution in [0.1, 0.15) is 15.9 Å². The summed E-state index contributed by atoms with van der Waals surface area (Å²) >= 11 is 6.68. The van der Waals surface area contributed by atoms with Crippen molar-refractivity contribution in [3.05, 3.63) is 56.2 Å². The first kappa shape index (κ1) is 15.0. The second kappa shape index (κ2) is 5.93. The summed E-state index contributed by atoms with van der Waals surface area (Å²) in [6, 6.07) is 7.60. The number of carbonyl (C=O) groups is 1. The zero-order valence-corrected chi connectivity index (χ0v) is 13.7. The molecule has 0 atom stereocenters. The van der Waals surface area contributed by atoms with Gasteiger partial charge in [-0.3, -0.25) is 4.79 Å². The molecule has 20 heavy (non-hydrogen) atoms. The van der Waals surface area contributed by atoms with E-state index >= 15 is 0 Å². The Morgan fingerprint density at radius 3 is 2.35 bits per heavy atom. The summed E-state index contributed by atoms with van der Waals surface area (Å²) in [5.74, 6) is -0.657. The maximum Gasteiger partial charge on any atom is 0.255 e. The van der Waals surface area contributed by atoms with Gasteiger partial charge in [0.2, 0.25) is 0 Å². The number of amides is 1. The van der Waals surface area contributed by atoms with Crippen LogP contribution in [0.2, 0.25) is 0 Å². The maximum absolute atomic E-state index is 13.2. The minimum atomic E-state index is -0.337. The topological polar surface area (TPSA) is 55.1 Å². The summed E-state index contributed by atoms with van der Waals surface area (Å²) in [5.41, 5.74) is 7.65. The second-order valence-corrected chi connectivity index (χ2v) is 5.99. The van der Waals surface area contributed by atoms with Crippen LogP contribution in [0, 0.1) is 12.7 Å². The number of anilines is 2. The predicted molar refractivity (Wildman–Crippen MR) is 85.3 cm³/mol. The lowest BCUT2D eigenvalue weighted by Crippen LogP contribution is -2.13. The van der Waals surface area contributed by atoms with Gasteiger partial charge in [0.1, 0.15) is 5.82 Å². The number of hydrogen-bond donors (Lipinski definition) is 2. The van der Waals surface area contributed by atoms with Crippen molar-refractivity contribution in [2.45, 2.75) is 6.92 Å². The van der Waals surface area contributed by atoms with Crippen LogP contribution in [0.15, 0.2) is 39.3 Å². The summed E-state index contributed by atoms with van der Waals surface area (Å²) < 4.78 is 14.5. The van der Waals surface area contributed by atoms with Crippen LogP contribution in [0.3, 0.4) is 0 Å². The van der Waals surface area contributed by atoms with E-state index in [4.69, 9.17) is 5.73 Å². The first-order valence-electron chi connectivity index (χ1n) is 5.70. The fourth-order valence-corrected chi connectivity index (χ4v) is 3.10. The SMILES string of the molecule is Cc1cc(C(=O)Nc2c(Br)cc(N)cc2Br)ccc1F. The molecule has 0 fully saturated rings. The van der Waals surface area contributed by atoms with Crippen LogP contribution >= 0.6 is 31.9 Å². The van der Waals surface area contributed by atoms with E-state index < -0.39 is 0 Å².